The molecule has 2 heterocycles. The Hall–Kier alpha value is -4.67. The van der Waals surface area contributed by atoms with E-state index in [1.54, 1.807) is 28.4 Å². The van der Waals surface area contributed by atoms with Gasteiger partial charge in [-0.3, -0.25) is 9.59 Å². The van der Waals surface area contributed by atoms with Crippen LogP contribution in [-0.2, 0) is 0 Å². The molecule has 0 bridgehead atoms. The van der Waals surface area contributed by atoms with Crippen LogP contribution in [-0.4, -0.2) is 70.9 Å². The number of rotatable bonds is 5. The summed E-state index contributed by atoms with van der Waals surface area (Å²) >= 11 is 0. The van der Waals surface area contributed by atoms with E-state index in [1.165, 1.54) is 12.1 Å². The fourth-order valence-electron chi connectivity index (χ4n) is 4.61. The van der Waals surface area contributed by atoms with Gasteiger partial charge in [0.1, 0.15) is 12.3 Å². The molecule has 1 aliphatic rings. The molecular weight excluding hydrogens is 511 g/mol. The van der Waals surface area contributed by atoms with E-state index in [0.717, 1.165) is 21.9 Å². The van der Waals surface area contributed by atoms with Crippen LogP contribution >= 0.6 is 0 Å². The highest BCUT2D eigenvalue weighted by Crippen LogP contribution is 2.33. The average molecular weight is 536 g/mol. The number of hydrogen-bond acceptors (Lipinski definition) is 6. The first-order valence-corrected chi connectivity index (χ1v) is 12.2. The number of aromatic nitrogens is 2. The molecule has 3 aromatic carbocycles. The van der Waals surface area contributed by atoms with Crippen LogP contribution in [0, 0.1) is 0 Å². The van der Waals surface area contributed by atoms with Crippen molar-refractivity contribution >= 4 is 28.4 Å². The van der Waals surface area contributed by atoms with Gasteiger partial charge in [-0.05, 0) is 52.2 Å². The normalized spacial score (nSPS) is 13.9. The first kappa shape index (κ1) is 26.0. The second-order valence-electron chi connectivity index (χ2n) is 9.11. The van der Waals surface area contributed by atoms with Crippen molar-refractivity contribution in [2.75, 3.05) is 37.6 Å². The maximum atomic E-state index is 13.5. The number of amides is 2. The minimum atomic E-state index is -4.51. The van der Waals surface area contributed by atoms with Crippen LogP contribution in [0.15, 0.2) is 72.8 Å². The summed E-state index contributed by atoms with van der Waals surface area (Å²) in [5.41, 5.74) is 2.13. The lowest BCUT2D eigenvalue weighted by molar-refractivity contribution is -0.123. The van der Waals surface area contributed by atoms with Crippen LogP contribution in [0.2, 0.25) is 0 Å². The molecule has 4 aromatic rings. The summed E-state index contributed by atoms with van der Waals surface area (Å²) in [5.74, 6) is -0.422. The summed E-state index contributed by atoms with van der Waals surface area (Å²) in [6.45, 7) is 0.353. The van der Waals surface area contributed by atoms with Gasteiger partial charge in [0, 0.05) is 31.7 Å². The second kappa shape index (κ2) is 10.6. The van der Waals surface area contributed by atoms with Gasteiger partial charge in [0.2, 0.25) is 0 Å². The SMILES string of the molecule is O=C(NCC(F)(F)F)c1ccc(N2CCN(C(=O)c3ccc(-c4cccc(O)c4)c4ccccc34)CC2)nn1. The molecule has 0 saturated carbocycles. The summed E-state index contributed by atoms with van der Waals surface area (Å²) in [4.78, 5) is 29.0. The predicted octanol–water partition coefficient (Wildman–Crippen LogP) is 4.26. The molecule has 1 aliphatic heterocycles. The first-order valence-electron chi connectivity index (χ1n) is 12.2. The second-order valence-corrected chi connectivity index (χ2v) is 9.11. The fourth-order valence-corrected chi connectivity index (χ4v) is 4.61. The summed E-state index contributed by atoms with van der Waals surface area (Å²) in [7, 11) is 0. The molecule has 5 rings (SSSR count). The van der Waals surface area contributed by atoms with Gasteiger partial charge in [-0.25, -0.2) is 0 Å². The van der Waals surface area contributed by atoms with Crippen LogP contribution < -0.4 is 10.2 Å². The number of nitrogens with zero attached hydrogens (tertiary/aromatic N) is 4. The number of benzene rings is 3. The van der Waals surface area contributed by atoms with Gasteiger partial charge in [0.25, 0.3) is 11.8 Å². The Morgan fingerprint density at radius 3 is 2.28 bits per heavy atom. The number of carbonyl (C=O) groups excluding carboxylic acids is 2. The summed E-state index contributed by atoms with van der Waals surface area (Å²) in [5, 5.41) is 21.2. The van der Waals surface area contributed by atoms with Gasteiger partial charge in [-0.2, -0.15) is 13.2 Å². The fraction of sp³-hybridized carbons (Fsp3) is 0.214. The molecule has 200 valence electrons. The summed E-state index contributed by atoms with van der Waals surface area (Å²) < 4.78 is 37.0. The number of phenols is 1. The van der Waals surface area contributed by atoms with Crippen molar-refractivity contribution < 1.29 is 27.9 Å². The van der Waals surface area contributed by atoms with Crippen molar-refractivity contribution in [3.05, 3.63) is 84.1 Å². The number of phenolic OH excluding ortho intramolecular Hbond substituents is 1. The number of nitrogens with one attached hydrogen (secondary N) is 1. The molecule has 2 N–H and O–H groups in total. The molecule has 1 saturated heterocycles. The molecule has 0 unspecified atom stereocenters. The number of halogens is 3. The standard InChI is InChI=1S/C28H24F3N5O3/c29-28(30,31)17-32-26(38)24-10-11-25(34-33-24)35-12-14-36(15-13-35)27(39)23-9-8-20(18-4-3-5-19(37)16-18)21-6-1-2-7-22(21)23/h1-11,16,37H,12-15,17H2,(H,32,38). The minimum Gasteiger partial charge on any atom is -0.508 e. The number of hydrogen-bond donors (Lipinski definition) is 2. The topological polar surface area (TPSA) is 98.7 Å². The molecule has 2 amide bonds. The lowest BCUT2D eigenvalue weighted by atomic mass is 9.94. The Kier molecular flexibility index (Phi) is 7.05. The maximum Gasteiger partial charge on any atom is 0.405 e. The van der Waals surface area contributed by atoms with Gasteiger partial charge in [0.15, 0.2) is 11.5 Å². The summed E-state index contributed by atoms with van der Waals surface area (Å²) in [6.07, 6.45) is -4.51. The predicted molar refractivity (Wildman–Crippen MR) is 140 cm³/mol. The highest BCUT2D eigenvalue weighted by molar-refractivity contribution is 6.11. The van der Waals surface area contributed by atoms with E-state index in [9.17, 15) is 27.9 Å². The molecule has 0 radical (unpaired) electrons. The summed E-state index contributed by atoms with van der Waals surface area (Å²) in [6, 6.07) is 21.2. The molecule has 0 spiro atoms. The van der Waals surface area contributed by atoms with Crippen LogP contribution in [0.3, 0.4) is 0 Å². The largest absolute Gasteiger partial charge is 0.508 e. The van der Waals surface area contributed by atoms with E-state index < -0.39 is 18.6 Å². The first-order chi connectivity index (χ1) is 18.7. The van der Waals surface area contributed by atoms with Gasteiger partial charge in [-0.15, -0.1) is 10.2 Å². The molecule has 11 heteroatoms. The minimum absolute atomic E-state index is 0.101. The third-order valence-electron chi connectivity index (χ3n) is 6.54. The van der Waals surface area contributed by atoms with Crippen LogP contribution in [0.5, 0.6) is 5.75 Å². The molecule has 1 aromatic heterocycles. The highest BCUT2D eigenvalue weighted by atomic mass is 19.4. The molecule has 39 heavy (non-hydrogen) atoms. The van der Waals surface area contributed by atoms with Crippen molar-refractivity contribution in [2.45, 2.75) is 6.18 Å². The average Bonchev–Trinajstić information content (AvgIpc) is 2.95. The number of aromatic hydroxyl groups is 1. The van der Waals surface area contributed by atoms with E-state index in [1.807, 2.05) is 47.4 Å². The van der Waals surface area contributed by atoms with Crippen molar-refractivity contribution in [2.24, 2.45) is 0 Å². The van der Waals surface area contributed by atoms with Gasteiger partial charge < -0.3 is 20.2 Å². The Balaban J connectivity index is 1.27. The van der Waals surface area contributed by atoms with Crippen LogP contribution in [0.25, 0.3) is 21.9 Å². The Morgan fingerprint density at radius 1 is 0.872 bits per heavy atom. The van der Waals surface area contributed by atoms with E-state index in [4.69, 9.17) is 0 Å². The van der Waals surface area contributed by atoms with Crippen molar-refractivity contribution in [3.63, 3.8) is 0 Å². The third-order valence-corrected chi connectivity index (χ3v) is 6.54. The molecule has 1 fully saturated rings. The zero-order valence-electron chi connectivity index (χ0n) is 20.7. The van der Waals surface area contributed by atoms with E-state index in [0.29, 0.717) is 37.6 Å². The van der Waals surface area contributed by atoms with Gasteiger partial charge >= 0.3 is 6.18 Å². The lowest BCUT2D eigenvalue weighted by Crippen LogP contribution is -2.49. The van der Waals surface area contributed by atoms with Gasteiger partial charge in [0.05, 0.1) is 0 Å². The number of fused-ring (bicyclic) bond motifs is 1. The molecular formula is C28H24F3N5O3. The van der Waals surface area contributed by atoms with Crippen LogP contribution in [0.4, 0.5) is 19.0 Å². The lowest BCUT2D eigenvalue weighted by Gasteiger charge is -2.35. The quantitative estimate of drug-likeness (QED) is 0.397. The smallest absolute Gasteiger partial charge is 0.405 e. The Morgan fingerprint density at radius 2 is 1.62 bits per heavy atom. The molecule has 0 aliphatic carbocycles. The zero-order chi connectivity index (χ0) is 27.6. The third kappa shape index (κ3) is 5.77. The van der Waals surface area contributed by atoms with Crippen molar-refractivity contribution in [1.29, 1.82) is 0 Å². The van der Waals surface area contributed by atoms with E-state index >= 15 is 0 Å². The van der Waals surface area contributed by atoms with E-state index in [-0.39, 0.29) is 17.4 Å². The van der Waals surface area contributed by atoms with Crippen LogP contribution in [0.1, 0.15) is 20.8 Å². The maximum absolute atomic E-state index is 13.5. The number of anilines is 1. The highest BCUT2D eigenvalue weighted by Gasteiger charge is 2.29. The van der Waals surface area contributed by atoms with Gasteiger partial charge in [-0.1, -0.05) is 42.5 Å². The van der Waals surface area contributed by atoms with E-state index in [2.05, 4.69) is 10.2 Å². The van der Waals surface area contributed by atoms with Crippen molar-refractivity contribution in [3.8, 4) is 16.9 Å². The number of piperazine rings is 1. The number of carbonyl (C=O) groups is 2. The number of alkyl halides is 3. The van der Waals surface area contributed by atoms with Crippen molar-refractivity contribution in [1.82, 2.24) is 20.4 Å². The molecule has 0 atom stereocenters. The Bertz CT molecular complexity index is 1520. The Labute approximate surface area is 221 Å². The zero-order valence-corrected chi connectivity index (χ0v) is 20.7. The molecule has 8 nitrogen and oxygen atoms in total. The monoisotopic (exact) mass is 535 g/mol.